The van der Waals surface area contributed by atoms with Crippen molar-refractivity contribution in [3.8, 4) is 0 Å². The SMILES string of the molecule is CC1(C)COC(=O)N1C1CCN(C(=O)Nc2ccc3ccccc3c2)CC1. The van der Waals surface area contributed by atoms with Gasteiger partial charge in [0.1, 0.15) is 6.61 Å². The molecule has 2 saturated heterocycles. The number of likely N-dealkylation sites (tertiary alicyclic amines) is 1. The van der Waals surface area contributed by atoms with Crippen LogP contribution < -0.4 is 5.32 Å². The first kappa shape index (κ1) is 17.6. The van der Waals surface area contributed by atoms with Crippen LogP contribution in [0.15, 0.2) is 42.5 Å². The predicted molar refractivity (Wildman–Crippen MR) is 105 cm³/mol. The van der Waals surface area contributed by atoms with Gasteiger partial charge in [-0.15, -0.1) is 0 Å². The van der Waals surface area contributed by atoms with Crippen LogP contribution in [0.25, 0.3) is 10.8 Å². The Bertz CT molecular complexity index is 872. The van der Waals surface area contributed by atoms with Gasteiger partial charge in [0.05, 0.1) is 5.54 Å². The van der Waals surface area contributed by atoms with E-state index in [1.165, 1.54) is 0 Å². The molecule has 2 heterocycles. The fraction of sp³-hybridized carbons (Fsp3) is 0.429. The molecule has 0 radical (unpaired) electrons. The van der Waals surface area contributed by atoms with Gasteiger partial charge in [-0.2, -0.15) is 0 Å². The summed E-state index contributed by atoms with van der Waals surface area (Å²) < 4.78 is 5.22. The lowest BCUT2D eigenvalue weighted by molar-refractivity contribution is 0.0958. The van der Waals surface area contributed by atoms with Crippen LogP contribution in [0.4, 0.5) is 15.3 Å². The molecule has 2 aliphatic rings. The fourth-order valence-corrected chi connectivity index (χ4v) is 4.06. The summed E-state index contributed by atoms with van der Waals surface area (Å²) in [6.45, 7) is 5.73. The molecule has 0 spiro atoms. The van der Waals surface area contributed by atoms with Crippen molar-refractivity contribution in [1.82, 2.24) is 9.80 Å². The lowest BCUT2D eigenvalue weighted by Crippen LogP contribution is -2.53. The Labute approximate surface area is 159 Å². The Morgan fingerprint density at radius 1 is 1.11 bits per heavy atom. The molecule has 2 aliphatic heterocycles. The first-order chi connectivity index (χ1) is 12.9. The zero-order valence-electron chi connectivity index (χ0n) is 15.8. The van der Waals surface area contributed by atoms with Crippen LogP contribution in [-0.2, 0) is 4.74 Å². The second-order valence-corrected chi connectivity index (χ2v) is 7.95. The Kier molecular flexibility index (Phi) is 4.42. The largest absolute Gasteiger partial charge is 0.447 e. The molecule has 0 atom stereocenters. The first-order valence-corrected chi connectivity index (χ1v) is 9.45. The second kappa shape index (κ2) is 6.76. The lowest BCUT2D eigenvalue weighted by atomic mass is 9.97. The van der Waals surface area contributed by atoms with Crippen molar-refractivity contribution < 1.29 is 14.3 Å². The molecular formula is C21H25N3O3. The van der Waals surface area contributed by atoms with Crippen LogP contribution >= 0.6 is 0 Å². The van der Waals surface area contributed by atoms with E-state index in [0.717, 1.165) is 29.3 Å². The monoisotopic (exact) mass is 367 g/mol. The number of amides is 3. The number of anilines is 1. The van der Waals surface area contributed by atoms with E-state index in [2.05, 4.69) is 11.4 Å². The molecule has 4 rings (SSSR count). The van der Waals surface area contributed by atoms with Crippen molar-refractivity contribution in [1.29, 1.82) is 0 Å². The number of hydrogen-bond donors (Lipinski definition) is 1. The first-order valence-electron chi connectivity index (χ1n) is 9.45. The van der Waals surface area contributed by atoms with Gasteiger partial charge in [0, 0.05) is 24.8 Å². The molecule has 2 aromatic rings. The highest BCUT2D eigenvalue weighted by Crippen LogP contribution is 2.30. The Hall–Kier alpha value is -2.76. The average molecular weight is 367 g/mol. The van der Waals surface area contributed by atoms with Gasteiger partial charge in [-0.3, -0.25) is 4.90 Å². The number of ether oxygens (including phenoxy) is 1. The van der Waals surface area contributed by atoms with E-state index in [1.807, 2.05) is 60.0 Å². The van der Waals surface area contributed by atoms with Crippen molar-refractivity contribution in [3.63, 3.8) is 0 Å². The van der Waals surface area contributed by atoms with Gasteiger partial charge in [0.25, 0.3) is 0 Å². The van der Waals surface area contributed by atoms with Crippen molar-refractivity contribution in [3.05, 3.63) is 42.5 Å². The topological polar surface area (TPSA) is 61.9 Å². The smallest absolute Gasteiger partial charge is 0.410 e. The van der Waals surface area contributed by atoms with Crippen LogP contribution in [-0.4, -0.2) is 53.2 Å². The van der Waals surface area contributed by atoms with E-state index >= 15 is 0 Å². The van der Waals surface area contributed by atoms with Crippen molar-refractivity contribution in [2.75, 3.05) is 25.0 Å². The normalized spacial score (nSPS) is 20.0. The maximum absolute atomic E-state index is 12.6. The van der Waals surface area contributed by atoms with E-state index < -0.39 is 0 Å². The minimum absolute atomic E-state index is 0.0908. The number of carbonyl (C=O) groups excluding carboxylic acids is 2. The fourth-order valence-electron chi connectivity index (χ4n) is 4.06. The van der Waals surface area contributed by atoms with Crippen LogP contribution in [0.1, 0.15) is 26.7 Å². The summed E-state index contributed by atoms with van der Waals surface area (Å²) >= 11 is 0. The molecule has 0 aromatic heterocycles. The number of nitrogens with one attached hydrogen (secondary N) is 1. The Balaban J connectivity index is 1.37. The average Bonchev–Trinajstić information content (AvgIpc) is 2.94. The quantitative estimate of drug-likeness (QED) is 0.870. The summed E-state index contributed by atoms with van der Waals surface area (Å²) in [7, 11) is 0. The molecule has 2 aromatic carbocycles. The Morgan fingerprint density at radius 2 is 1.81 bits per heavy atom. The van der Waals surface area contributed by atoms with Crippen molar-refractivity contribution in [2.24, 2.45) is 0 Å². The second-order valence-electron chi connectivity index (χ2n) is 7.95. The highest BCUT2D eigenvalue weighted by Gasteiger charge is 2.44. The van der Waals surface area contributed by atoms with Crippen LogP contribution in [0.2, 0.25) is 0 Å². The number of cyclic esters (lactones) is 1. The van der Waals surface area contributed by atoms with Gasteiger partial charge >= 0.3 is 12.1 Å². The zero-order chi connectivity index (χ0) is 19.0. The zero-order valence-corrected chi connectivity index (χ0v) is 15.8. The highest BCUT2D eigenvalue weighted by atomic mass is 16.6. The van der Waals surface area contributed by atoms with Gasteiger partial charge in [-0.05, 0) is 49.6 Å². The van der Waals surface area contributed by atoms with Crippen LogP contribution in [0.3, 0.4) is 0 Å². The maximum atomic E-state index is 12.6. The highest BCUT2D eigenvalue weighted by molar-refractivity contribution is 5.93. The predicted octanol–water partition coefficient (Wildman–Crippen LogP) is 4.07. The summed E-state index contributed by atoms with van der Waals surface area (Å²) in [5.74, 6) is 0. The van der Waals surface area contributed by atoms with E-state index in [1.54, 1.807) is 0 Å². The number of fused-ring (bicyclic) bond motifs is 1. The molecule has 0 saturated carbocycles. The van der Waals surface area contributed by atoms with Crippen molar-refractivity contribution >= 4 is 28.6 Å². The van der Waals surface area contributed by atoms with E-state index in [0.29, 0.717) is 19.7 Å². The van der Waals surface area contributed by atoms with Gasteiger partial charge in [-0.1, -0.05) is 30.3 Å². The van der Waals surface area contributed by atoms with Crippen LogP contribution in [0, 0.1) is 0 Å². The number of piperidine rings is 1. The third kappa shape index (κ3) is 3.44. The molecule has 142 valence electrons. The Morgan fingerprint density at radius 3 is 2.48 bits per heavy atom. The third-order valence-electron chi connectivity index (χ3n) is 5.52. The number of benzene rings is 2. The number of nitrogens with zero attached hydrogens (tertiary/aromatic N) is 2. The van der Waals surface area contributed by atoms with Gasteiger partial charge in [0.2, 0.25) is 0 Å². The molecule has 3 amide bonds. The molecule has 0 aliphatic carbocycles. The molecule has 2 fully saturated rings. The summed E-state index contributed by atoms with van der Waals surface area (Å²) in [6, 6.07) is 14.0. The molecule has 0 bridgehead atoms. The molecule has 0 unspecified atom stereocenters. The molecule has 6 nitrogen and oxygen atoms in total. The lowest BCUT2D eigenvalue weighted by Gasteiger charge is -2.40. The standard InChI is InChI=1S/C21H25N3O3/c1-21(2)14-27-20(26)24(21)18-9-11-23(12-10-18)19(25)22-17-8-7-15-5-3-4-6-16(15)13-17/h3-8,13,18H,9-12,14H2,1-2H3,(H,22,25). The molecule has 27 heavy (non-hydrogen) atoms. The van der Waals surface area contributed by atoms with Crippen LogP contribution in [0.5, 0.6) is 0 Å². The molecular weight excluding hydrogens is 342 g/mol. The number of hydrogen-bond acceptors (Lipinski definition) is 3. The molecule has 1 N–H and O–H groups in total. The minimum atomic E-state index is -0.280. The summed E-state index contributed by atoms with van der Waals surface area (Å²) in [5, 5.41) is 5.25. The van der Waals surface area contributed by atoms with E-state index in [4.69, 9.17) is 4.74 Å². The number of rotatable bonds is 2. The van der Waals surface area contributed by atoms with Gasteiger partial charge in [-0.25, -0.2) is 9.59 Å². The number of urea groups is 1. The van der Waals surface area contributed by atoms with Gasteiger partial charge in [0.15, 0.2) is 0 Å². The summed E-state index contributed by atoms with van der Waals surface area (Å²) in [5.41, 5.74) is 0.516. The van der Waals surface area contributed by atoms with E-state index in [-0.39, 0.29) is 23.7 Å². The van der Waals surface area contributed by atoms with E-state index in [9.17, 15) is 9.59 Å². The summed E-state index contributed by atoms with van der Waals surface area (Å²) in [6.07, 6.45) is 1.30. The minimum Gasteiger partial charge on any atom is -0.447 e. The van der Waals surface area contributed by atoms with Gasteiger partial charge < -0.3 is 15.0 Å². The molecule has 6 heteroatoms. The van der Waals surface area contributed by atoms with Crippen molar-refractivity contribution in [2.45, 2.75) is 38.3 Å². The number of carbonyl (C=O) groups is 2. The maximum Gasteiger partial charge on any atom is 0.410 e. The third-order valence-corrected chi connectivity index (χ3v) is 5.52. The summed E-state index contributed by atoms with van der Waals surface area (Å²) in [4.78, 5) is 28.4.